The second-order valence-corrected chi connectivity index (χ2v) is 3.36. The molecule has 2 rings (SSSR count). The Morgan fingerprint density at radius 1 is 1.67 bits per heavy atom. The predicted molar refractivity (Wildman–Crippen MR) is 46.7 cm³/mol. The first kappa shape index (κ1) is 7.62. The van der Waals surface area contributed by atoms with Gasteiger partial charge in [-0.2, -0.15) is 0 Å². The molecule has 1 aromatic rings. The molecule has 0 N–H and O–H groups in total. The summed E-state index contributed by atoms with van der Waals surface area (Å²) in [7, 11) is 0. The summed E-state index contributed by atoms with van der Waals surface area (Å²) in [5.41, 5.74) is 1.20. The molecule has 0 saturated carbocycles. The number of furan rings is 1. The van der Waals surface area contributed by atoms with Crippen LogP contribution in [0, 0.1) is 0 Å². The molecule has 64 valence electrons. The van der Waals surface area contributed by atoms with Crippen LogP contribution in [-0.4, -0.2) is 12.2 Å². The first-order valence-electron chi connectivity index (χ1n) is 4.07. The van der Waals surface area contributed by atoms with Crippen LogP contribution in [0.2, 0.25) is 0 Å². The van der Waals surface area contributed by atoms with E-state index in [1.54, 1.807) is 6.26 Å². The van der Waals surface area contributed by atoms with Crippen LogP contribution in [0.4, 0.5) is 0 Å². The van der Waals surface area contributed by atoms with Gasteiger partial charge in [0.1, 0.15) is 11.4 Å². The monoisotopic (exact) mass is 164 g/mol. The lowest BCUT2D eigenvalue weighted by atomic mass is 10.0. The molecule has 0 radical (unpaired) electrons. The number of ether oxygens (including phenoxy) is 1. The Balaban J connectivity index is 2.18. The summed E-state index contributed by atoms with van der Waals surface area (Å²) in [5, 5.41) is 0. The highest BCUT2D eigenvalue weighted by Gasteiger charge is 2.40. The minimum Gasteiger partial charge on any atom is -0.465 e. The summed E-state index contributed by atoms with van der Waals surface area (Å²) in [4.78, 5) is 0. The molecule has 1 fully saturated rings. The van der Waals surface area contributed by atoms with Gasteiger partial charge in [0, 0.05) is 0 Å². The SMILES string of the molecule is C/C(=C\c1ccco1)C1(C)CO1. The molecule has 2 heterocycles. The zero-order valence-electron chi connectivity index (χ0n) is 7.33. The lowest BCUT2D eigenvalue weighted by Gasteiger charge is -2.02. The molecule has 1 saturated heterocycles. The van der Waals surface area contributed by atoms with Crippen molar-refractivity contribution in [1.82, 2.24) is 0 Å². The molecule has 1 atom stereocenters. The minimum atomic E-state index is -0.0210. The van der Waals surface area contributed by atoms with Crippen molar-refractivity contribution in [2.75, 3.05) is 6.61 Å². The maximum Gasteiger partial charge on any atom is 0.126 e. The topological polar surface area (TPSA) is 25.7 Å². The summed E-state index contributed by atoms with van der Waals surface area (Å²) < 4.78 is 10.5. The quantitative estimate of drug-likeness (QED) is 0.627. The van der Waals surface area contributed by atoms with Crippen LogP contribution in [0.1, 0.15) is 19.6 Å². The highest BCUT2D eigenvalue weighted by atomic mass is 16.6. The molecular formula is C10H12O2. The van der Waals surface area contributed by atoms with Gasteiger partial charge in [-0.25, -0.2) is 0 Å². The normalized spacial score (nSPS) is 29.0. The van der Waals surface area contributed by atoms with Crippen molar-refractivity contribution in [2.45, 2.75) is 19.4 Å². The van der Waals surface area contributed by atoms with Gasteiger partial charge in [0.15, 0.2) is 0 Å². The second-order valence-electron chi connectivity index (χ2n) is 3.36. The maximum atomic E-state index is 5.30. The molecule has 1 aliphatic rings. The molecule has 0 bridgehead atoms. The van der Waals surface area contributed by atoms with Gasteiger partial charge in [-0.3, -0.25) is 0 Å². The van der Waals surface area contributed by atoms with Gasteiger partial charge in [-0.1, -0.05) is 0 Å². The lowest BCUT2D eigenvalue weighted by Crippen LogP contribution is -2.04. The van der Waals surface area contributed by atoms with Gasteiger partial charge in [0.25, 0.3) is 0 Å². The van der Waals surface area contributed by atoms with E-state index in [2.05, 4.69) is 13.8 Å². The Labute approximate surface area is 71.8 Å². The fraction of sp³-hybridized carbons (Fsp3) is 0.400. The number of hydrogen-bond donors (Lipinski definition) is 0. The van der Waals surface area contributed by atoms with Gasteiger partial charge in [-0.05, 0) is 37.6 Å². The third-order valence-electron chi connectivity index (χ3n) is 2.31. The first-order chi connectivity index (χ1) is 5.71. The van der Waals surface area contributed by atoms with E-state index < -0.39 is 0 Å². The summed E-state index contributed by atoms with van der Waals surface area (Å²) in [6, 6.07) is 3.82. The van der Waals surface area contributed by atoms with Gasteiger partial charge >= 0.3 is 0 Å². The van der Waals surface area contributed by atoms with Crippen LogP contribution in [0.25, 0.3) is 6.08 Å². The molecule has 1 aliphatic heterocycles. The van der Waals surface area contributed by atoms with Crippen molar-refractivity contribution in [1.29, 1.82) is 0 Å². The Kier molecular flexibility index (Phi) is 1.58. The molecule has 0 aliphatic carbocycles. The van der Waals surface area contributed by atoms with Gasteiger partial charge in [0.2, 0.25) is 0 Å². The molecule has 1 unspecified atom stereocenters. The molecule has 2 nitrogen and oxygen atoms in total. The summed E-state index contributed by atoms with van der Waals surface area (Å²) in [5.74, 6) is 0.893. The fourth-order valence-electron chi connectivity index (χ4n) is 1.08. The Bertz CT molecular complexity index is 292. The Morgan fingerprint density at radius 2 is 2.42 bits per heavy atom. The largest absolute Gasteiger partial charge is 0.465 e. The van der Waals surface area contributed by atoms with Crippen molar-refractivity contribution in [2.24, 2.45) is 0 Å². The number of epoxide rings is 1. The van der Waals surface area contributed by atoms with Crippen LogP contribution < -0.4 is 0 Å². The van der Waals surface area contributed by atoms with Crippen molar-refractivity contribution < 1.29 is 9.15 Å². The third-order valence-corrected chi connectivity index (χ3v) is 2.31. The van der Waals surface area contributed by atoms with E-state index in [4.69, 9.17) is 9.15 Å². The van der Waals surface area contributed by atoms with Gasteiger partial charge in [-0.15, -0.1) is 0 Å². The molecular weight excluding hydrogens is 152 g/mol. The summed E-state index contributed by atoms with van der Waals surface area (Å²) in [6.07, 6.45) is 3.70. The zero-order chi connectivity index (χ0) is 8.60. The third kappa shape index (κ3) is 1.30. The number of hydrogen-bond acceptors (Lipinski definition) is 2. The molecule has 2 heteroatoms. The highest BCUT2D eigenvalue weighted by molar-refractivity contribution is 5.50. The van der Waals surface area contributed by atoms with E-state index in [0.717, 1.165) is 12.4 Å². The van der Waals surface area contributed by atoms with E-state index in [9.17, 15) is 0 Å². The number of rotatable bonds is 2. The summed E-state index contributed by atoms with van der Waals surface area (Å²) >= 11 is 0. The van der Waals surface area contributed by atoms with Crippen LogP contribution in [0.15, 0.2) is 28.4 Å². The van der Waals surface area contributed by atoms with E-state index in [1.807, 2.05) is 18.2 Å². The average molecular weight is 164 g/mol. The molecule has 12 heavy (non-hydrogen) atoms. The maximum absolute atomic E-state index is 5.30. The van der Waals surface area contributed by atoms with E-state index >= 15 is 0 Å². The molecule has 0 amide bonds. The standard InChI is InChI=1S/C10H12O2/c1-8(10(2)7-12-10)6-9-4-3-5-11-9/h3-6H,7H2,1-2H3/b8-6+. The smallest absolute Gasteiger partial charge is 0.126 e. The van der Waals surface area contributed by atoms with E-state index in [0.29, 0.717) is 0 Å². The predicted octanol–water partition coefficient (Wildman–Crippen LogP) is 2.47. The Morgan fingerprint density at radius 3 is 2.92 bits per heavy atom. The molecule has 0 spiro atoms. The van der Waals surface area contributed by atoms with Crippen LogP contribution >= 0.6 is 0 Å². The van der Waals surface area contributed by atoms with Crippen LogP contribution in [0.3, 0.4) is 0 Å². The second kappa shape index (κ2) is 2.49. The lowest BCUT2D eigenvalue weighted by molar-refractivity contribution is 0.358. The molecule has 1 aromatic heterocycles. The van der Waals surface area contributed by atoms with Gasteiger partial charge < -0.3 is 9.15 Å². The fourth-order valence-corrected chi connectivity index (χ4v) is 1.08. The van der Waals surface area contributed by atoms with Crippen molar-refractivity contribution >= 4 is 6.08 Å². The first-order valence-corrected chi connectivity index (χ1v) is 4.07. The van der Waals surface area contributed by atoms with Crippen LogP contribution in [-0.2, 0) is 4.74 Å². The summed E-state index contributed by atoms with van der Waals surface area (Å²) in [6.45, 7) is 4.98. The van der Waals surface area contributed by atoms with Gasteiger partial charge in [0.05, 0.1) is 12.9 Å². The van der Waals surface area contributed by atoms with E-state index in [-0.39, 0.29) is 5.60 Å². The minimum absolute atomic E-state index is 0.0210. The Hall–Kier alpha value is -1.02. The van der Waals surface area contributed by atoms with Crippen LogP contribution in [0.5, 0.6) is 0 Å². The average Bonchev–Trinajstić information content (AvgIpc) is 2.63. The molecule has 0 aromatic carbocycles. The van der Waals surface area contributed by atoms with E-state index in [1.165, 1.54) is 5.57 Å². The van der Waals surface area contributed by atoms with Crippen molar-refractivity contribution in [3.8, 4) is 0 Å². The zero-order valence-corrected chi connectivity index (χ0v) is 7.33. The highest BCUT2D eigenvalue weighted by Crippen LogP contribution is 2.34. The van der Waals surface area contributed by atoms with Crippen molar-refractivity contribution in [3.05, 3.63) is 29.7 Å². The van der Waals surface area contributed by atoms with Crippen molar-refractivity contribution in [3.63, 3.8) is 0 Å².